The Bertz CT molecular complexity index is 1520. The van der Waals surface area contributed by atoms with Crippen molar-refractivity contribution in [2.24, 2.45) is 0 Å². The summed E-state index contributed by atoms with van der Waals surface area (Å²) < 4.78 is 0. The van der Waals surface area contributed by atoms with Crippen LogP contribution in [0.5, 0.6) is 0 Å². The molecule has 8 heteroatoms. The van der Waals surface area contributed by atoms with Crippen LogP contribution >= 0.6 is 18.9 Å². The van der Waals surface area contributed by atoms with Gasteiger partial charge in [0.1, 0.15) is 40.5 Å². The van der Waals surface area contributed by atoms with Gasteiger partial charge in [0.05, 0.1) is 5.02 Å². The summed E-state index contributed by atoms with van der Waals surface area (Å²) in [5.74, 6) is 1.36. The number of carbonyl (C=O) groups excluding carboxylic acids is 2. The van der Waals surface area contributed by atoms with Gasteiger partial charge in [-0.15, -0.1) is 0 Å². The fourth-order valence-electron chi connectivity index (χ4n) is 4.42. The van der Waals surface area contributed by atoms with Gasteiger partial charge in [-0.2, -0.15) is 0 Å². The fourth-order valence-corrected chi connectivity index (χ4v) is 8.37. The quantitative estimate of drug-likeness (QED) is 0.213. The zero-order valence-electron chi connectivity index (χ0n) is 21.8. The number of rotatable bonds is 8. The Morgan fingerprint density at radius 3 is 1.56 bits per heavy atom. The molecule has 0 aliphatic heterocycles. The number of nitrogens with one attached hydrogen (secondary N) is 2. The number of aromatic nitrogens is 1. The molecule has 0 radical (unpaired) electrons. The summed E-state index contributed by atoms with van der Waals surface area (Å²) in [5.41, 5.74) is 0.560. The minimum absolute atomic E-state index is 0. The highest BCUT2D eigenvalue weighted by atomic mass is 35.5. The highest BCUT2D eigenvalue weighted by molar-refractivity contribution is 7.98. The van der Waals surface area contributed by atoms with Crippen molar-refractivity contribution in [3.63, 3.8) is 0 Å². The molecule has 0 saturated carbocycles. The normalized spacial score (nSPS) is 11.2. The van der Waals surface area contributed by atoms with E-state index in [1.165, 1.54) is 6.20 Å². The van der Waals surface area contributed by atoms with Gasteiger partial charge in [0, 0.05) is 11.8 Å². The number of amides is 2. The van der Waals surface area contributed by atoms with Gasteiger partial charge < -0.3 is 23.0 Å². The lowest BCUT2D eigenvalue weighted by Crippen LogP contribution is -3.00. The molecule has 204 valence electrons. The van der Waals surface area contributed by atoms with Crippen LogP contribution in [0.1, 0.15) is 10.4 Å². The highest BCUT2D eigenvalue weighted by Crippen LogP contribution is 2.57. The molecule has 5 nitrogen and oxygen atoms in total. The molecule has 0 unspecified atom stereocenters. The molecule has 0 aliphatic carbocycles. The zero-order valence-corrected chi connectivity index (χ0v) is 24.2. The summed E-state index contributed by atoms with van der Waals surface area (Å²) in [7, 11) is -2.60. The van der Waals surface area contributed by atoms with Gasteiger partial charge in [0.25, 0.3) is 11.8 Å². The number of nitrogens with zero attached hydrogens (tertiary/aromatic N) is 1. The average molecular weight is 598 g/mol. The second-order valence-corrected chi connectivity index (χ2v) is 12.6. The number of halogens is 2. The second-order valence-electron chi connectivity index (χ2n) is 8.91. The highest BCUT2D eigenvalue weighted by Gasteiger charge is 2.45. The van der Waals surface area contributed by atoms with Crippen molar-refractivity contribution >= 4 is 52.4 Å². The molecule has 1 heterocycles. The molecule has 1 aromatic heterocycles. The van der Waals surface area contributed by atoms with E-state index in [9.17, 15) is 9.59 Å². The SMILES string of the molecule is O=C(Nc1ccc(Cl)cn1)/C(=C\[P+](c1ccccc1)(c1ccccc1)c1ccccc1)NC(=O)c1ccccc1.[Cl-]. The smallest absolute Gasteiger partial charge is 0.276 e. The zero-order chi connectivity index (χ0) is 27.8. The summed E-state index contributed by atoms with van der Waals surface area (Å²) in [6, 6.07) is 42.3. The van der Waals surface area contributed by atoms with Crippen molar-refractivity contribution in [3.05, 3.63) is 162 Å². The number of pyridine rings is 1. The van der Waals surface area contributed by atoms with Crippen molar-refractivity contribution in [2.45, 2.75) is 0 Å². The first kappa shape index (κ1) is 29.7. The lowest BCUT2D eigenvalue weighted by atomic mass is 10.2. The van der Waals surface area contributed by atoms with Gasteiger partial charge in [0.15, 0.2) is 0 Å². The molecule has 5 aromatic rings. The standard InChI is InChI=1S/C33H25ClN3O2P.ClH/c34-26-21-22-31(35-23-26)37-33(39)30(36-32(38)25-13-5-1-6-14-25)24-40(27-15-7-2-8-16-27,28-17-9-3-10-18-28)29-19-11-4-12-20-29;/h1-24H,(H-,35,36,37,38,39);1H/b30-24+;. The van der Waals surface area contributed by atoms with E-state index in [4.69, 9.17) is 11.6 Å². The molecule has 0 spiro atoms. The Hall–Kier alpha value is -4.28. The van der Waals surface area contributed by atoms with Crippen LogP contribution in [-0.4, -0.2) is 16.8 Å². The molecule has 5 rings (SSSR count). The molecular weight excluding hydrogens is 572 g/mol. The van der Waals surface area contributed by atoms with Crippen LogP contribution in [0.25, 0.3) is 0 Å². The summed E-state index contributed by atoms with van der Waals surface area (Å²) in [4.78, 5) is 31.5. The minimum Gasteiger partial charge on any atom is -1.00 e. The molecule has 2 N–H and O–H groups in total. The Morgan fingerprint density at radius 1 is 0.659 bits per heavy atom. The monoisotopic (exact) mass is 597 g/mol. The number of hydrogen-bond donors (Lipinski definition) is 2. The van der Waals surface area contributed by atoms with Gasteiger partial charge >= 0.3 is 0 Å². The first-order valence-electron chi connectivity index (χ1n) is 12.6. The Balaban J connectivity index is 0.00000387. The Labute approximate surface area is 251 Å². The second kappa shape index (κ2) is 13.9. The van der Waals surface area contributed by atoms with E-state index in [1.54, 1.807) is 36.4 Å². The number of carbonyl (C=O) groups is 2. The topological polar surface area (TPSA) is 71.1 Å². The molecule has 0 bridgehead atoms. The predicted molar refractivity (Wildman–Crippen MR) is 165 cm³/mol. The molecule has 2 amide bonds. The van der Waals surface area contributed by atoms with Crippen molar-refractivity contribution in [1.82, 2.24) is 10.3 Å². The minimum atomic E-state index is -2.60. The first-order valence-corrected chi connectivity index (χ1v) is 14.9. The van der Waals surface area contributed by atoms with Gasteiger partial charge in [0.2, 0.25) is 0 Å². The average Bonchev–Trinajstić information content (AvgIpc) is 3.02. The lowest BCUT2D eigenvalue weighted by molar-refractivity contribution is -0.113. The Morgan fingerprint density at radius 2 is 1.12 bits per heavy atom. The van der Waals surface area contributed by atoms with Crippen LogP contribution in [-0.2, 0) is 4.79 Å². The maximum atomic E-state index is 13.9. The number of hydrogen-bond acceptors (Lipinski definition) is 3. The maximum absolute atomic E-state index is 13.9. The van der Waals surface area contributed by atoms with E-state index in [2.05, 4.69) is 52.0 Å². The van der Waals surface area contributed by atoms with Crippen molar-refractivity contribution in [2.75, 3.05) is 5.32 Å². The van der Waals surface area contributed by atoms with Crippen LogP contribution in [0.3, 0.4) is 0 Å². The summed E-state index contributed by atoms with van der Waals surface area (Å²) in [6.45, 7) is 0. The molecule has 0 saturated heterocycles. The lowest BCUT2D eigenvalue weighted by Gasteiger charge is -2.25. The largest absolute Gasteiger partial charge is 1.00 e. The molecule has 4 aromatic carbocycles. The van der Waals surface area contributed by atoms with Gasteiger partial charge in [-0.25, -0.2) is 4.98 Å². The summed E-state index contributed by atoms with van der Waals surface area (Å²) in [5, 5.41) is 9.31. The van der Waals surface area contributed by atoms with E-state index in [0.717, 1.165) is 15.9 Å². The Kier molecular flexibility index (Phi) is 10.0. The molecule has 0 fully saturated rings. The van der Waals surface area contributed by atoms with Gasteiger partial charge in [-0.1, -0.05) is 84.4 Å². The van der Waals surface area contributed by atoms with Crippen LogP contribution in [0.15, 0.2) is 151 Å². The van der Waals surface area contributed by atoms with E-state index in [0.29, 0.717) is 16.4 Å². The van der Waals surface area contributed by atoms with E-state index < -0.39 is 19.1 Å². The van der Waals surface area contributed by atoms with Crippen molar-refractivity contribution in [1.29, 1.82) is 0 Å². The van der Waals surface area contributed by atoms with Crippen LogP contribution < -0.4 is 39.0 Å². The van der Waals surface area contributed by atoms with E-state index in [1.807, 2.05) is 66.5 Å². The molecule has 41 heavy (non-hydrogen) atoms. The summed E-state index contributed by atoms with van der Waals surface area (Å²) >= 11 is 6.00. The van der Waals surface area contributed by atoms with Crippen molar-refractivity contribution < 1.29 is 22.0 Å². The van der Waals surface area contributed by atoms with E-state index >= 15 is 0 Å². The number of anilines is 1. The third-order valence-electron chi connectivity index (χ3n) is 6.31. The fraction of sp³-hybridized carbons (Fsp3) is 0. The molecule has 0 aliphatic rings. The summed E-state index contributed by atoms with van der Waals surface area (Å²) in [6.07, 6.45) is 1.46. The van der Waals surface area contributed by atoms with Crippen LogP contribution in [0.2, 0.25) is 5.02 Å². The van der Waals surface area contributed by atoms with Crippen molar-refractivity contribution in [3.8, 4) is 0 Å². The van der Waals surface area contributed by atoms with Gasteiger partial charge in [-0.05, 0) is 60.7 Å². The molecular formula is C33H26Cl2N3O2P. The molecule has 0 atom stereocenters. The third kappa shape index (κ3) is 6.90. The van der Waals surface area contributed by atoms with Gasteiger partial charge in [-0.3, -0.25) is 9.59 Å². The van der Waals surface area contributed by atoms with Crippen LogP contribution in [0.4, 0.5) is 5.82 Å². The van der Waals surface area contributed by atoms with Crippen LogP contribution in [0, 0.1) is 0 Å². The maximum Gasteiger partial charge on any atom is 0.276 e. The predicted octanol–water partition coefficient (Wildman–Crippen LogP) is 2.94. The number of benzene rings is 4. The van der Waals surface area contributed by atoms with E-state index in [-0.39, 0.29) is 18.1 Å². The third-order valence-corrected chi connectivity index (χ3v) is 10.5. The first-order chi connectivity index (χ1) is 19.6.